The molecule has 1 atom stereocenters. The zero-order valence-corrected chi connectivity index (χ0v) is 21.9. The molecule has 0 aromatic carbocycles. The van der Waals surface area contributed by atoms with Crippen LogP contribution in [0.5, 0.6) is 0 Å². The molecule has 2 fully saturated rings. The summed E-state index contributed by atoms with van der Waals surface area (Å²) in [5.74, 6) is 0. The number of hydrogen-bond donors (Lipinski definition) is 2. The molecule has 0 aromatic rings. The van der Waals surface area contributed by atoms with Crippen LogP contribution in [-0.2, 0) is 4.12 Å². The smallest absolute Gasteiger partial charge is 0.365 e. The van der Waals surface area contributed by atoms with Crippen molar-refractivity contribution in [2.45, 2.75) is 71.8 Å². The van der Waals surface area contributed by atoms with Gasteiger partial charge < -0.3 is 14.7 Å². The molecule has 2 saturated heterocycles. The first kappa shape index (κ1) is 25.3. The number of unbranched alkanes of at least 4 members (excludes halogenated alkanes) is 2. The monoisotopic (exact) mass is 456 g/mol. The van der Waals surface area contributed by atoms with Gasteiger partial charge in [-0.3, -0.25) is 8.30 Å². The fraction of sp³-hybridized carbons (Fsp3) is 0.810. The Hall–Kier alpha value is -1.01. The van der Waals surface area contributed by atoms with Crippen molar-refractivity contribution in [3.8, 4) is 0 Å². The van der Waals surface area contributed by atoms with Crippen LogP contribution < -0.4 is 10.6 Å². The van der Waals surface area contributed by atoms with E-state index in [1.165, 1.54) is 0 Å². The predicted octanol–water partition coefficient (Wildman–Crippen LogP) is 3.04. The predicted molar refractivity (Wildman–Crippen MR) is 127 cm³/mol. The van der Waals surface area contributed by atoms with E-state index in [1.54, 1.807) is 0 Å². The molecular weight excluding hydrogens is 412 g/mol. The van der Waals surface area contributed by atoms with E-state index < -0.39 is 18.4 Å². The Morgan fingerprint density at radius 2 is 1.47 bits per heavy atom. The summed E-state index contributed by atoms with van der Waals surface area (Å²) >= 11 is 0. The van der Waals surface area contributed by atoms with Crippen LogP contribution in [0.4, 0.5) is 9.59 Å². The van der Waals surface area contributed by atoms with Gasteiger partial charge in [-0.25, -0.2) is 9.59 Å². The van der Waals surface area contributed by atoms with Crippen molar-refractivity contribution < 1.29 is 22.0 Å². The molecule has 9 heteroatoms. The zero-order chi connectivity index (χ0) is 22.1. The maximum atomic E-state index is 13.3. The van der Waals surface area contributed by atoms with Crippen LogP contribution in [0, 0.1) is 0 Å². The average Bonchev–Trinajstić information content (AvgIpc) is 3.44. The maximum Gasteiger partial charge on any atom is 0.461 e. The van der Waals surface area contributed by atoms with Gasteiger partial charge >= 0.3 is 30.5 Å². The van der Waals surface area contributed by atoms with E-state index in [0.29, 0.717) is 14.8 Å². The molecule has 2 heterocycles. The van der Waals surface area contributed by atoms with Crippen molar-refractivity contribution in [2.24, 2.45) is 0 Å². The number of nitrogens with one attached hydrogen (secondary N) is 2. The van der Waals surface area contributed by atoms with Gasteiger partial charge in [-0.05, 0) is 18.5 Å². The van der Waals surface area contributed by atoms with Crippen molar-refractivity contribution in [3.63, 3.8) is 0 Å². The Labute approximate surface area is 186 Å². The SMILES string of the molecule is C=C[Si](C)(O[SiH2][N+]1(C(=O)NCCCC)CCCC1)[N+]1(C(=O)NCCCC)CCCC1. The molecule has 0 radical (unpaired) electrons. The van der Waals surface area contributed by atoms with Crippen LogP contribution in [0.15, 0.2) is 12.3 Å². The topological polar surface area (TPSA) is 67.4 Å². The molecule has 2 aliphatic heterocycles. The summed E-state index contributed by atoms with van der Waals surface area (Å²) in [6.45, 7) is 15.4. The molecule has 0 bridgehead atoms. The van der Waals surface area contributed by atoms with Gasteiger partial charge in [0.25, 0.3) is 0 Å². The van der Waals surface area contributed by atoms with Crippen LogP contribution >= 0.6 is 0 Å². The minimum atomic E-state index is -2.61. The molecule has 1 unspecified atom stereocenters. The number of nitrogens with zero attached hydrogens (tertiary/aromatic N) is 2. The van der Waals surface area contributed by atoms with E-state index in [0.717, 1.165) is 84.1 Å². The Bertz CT molecular complexity index is 593. The Morgan fingerprint density at radius 1 is 0.967 bits per heavy atom. The third-order valence-electron chi connectivity index (χ3n) is 7.02. The fourth-order valence-corrected chi connectivity index (χ4v) is 11.2. The molecule has 2 aliphatic rings. The van der Waals surface area contributed by atoms with Gasteiger partial charge in [0.15, 0.2) is 0 Å². The van der Waals surface area contributed by atoms with Crippen molar-refractivity contribution in [1.82, 2.24) is 10.6 Å². The van der Waals surface area contributed by atoms with Gasteiger partial charge in [0.2, 0.25) is 0 Å². The molecule has 172 valence electrons. The third kappa shape index (κ3) is 5.42. The fourth-order valence-electron chi connectivity index (χ4n) is 4.73. The summed E-state index contributed by atoms with van der Waals surface area (Å²) in [5.41, 5.74) is 1.95. The van der Waals surface area contributed by atoms with Crippen LogP contribution in [0.2, 0.25) is 6.55 Å². The lowest BCUT2D eigenvalue weighted by atomic mass is 10.3. The van der Waals surface area contributed by atoms with Gasteiger partial charge in [-0.2, -0.15) is 0 Å². The van der Waals surface area contributed by atoms with E-state index in [1.807, 2.05) is 5.70 Å². The molecule has 2 rings (SSSR count). The van der Waals surface area contributed by atoms with Crippen molar-refractivity contribution in [2.75, 3.05) is 39.3 Å². The van der Waals surface area contributed by atoms with Crippen molar-refractivity contribution >= 4 is 30.5 Å². The molecule has 4 amide bonds. The summed E-state index contributed by atoms with van der Waals surface area (Å²) in [6.07, 6.45) is 8.36. The van der Waals surface area contributed by atoms with Crippen LogP contribution in [0.25, 0.3) is 0 Å². The minimum absolute atomic E-state index is 0.101. The number of amides is 4. The van der Waals surface area contributed by atoms with E-state index >= 15 is 0 Å². The number of rotatable bonds is 11. The van der Waals surface area contributed by atoms with E-state index in [4.69, 9.17) is 4.12 Å². The summed E-state index contributed by atoms with van der Waals surface area (Å²) in [4.78, 5) is 26.4. The third-order valence-corrected chi connectivity index (χ3v) is 14.4. The van der Waals surface area contributed by atoms with Gasteiger partial charge in [0.05, 0.1) is 26.2 Å². The highest BCUT2D eigenvalue weighted by molar-refractivity contribution is 6.75. The quantitative estimate of drug-likeness (QED) is 0.371. The average molecular weight is 457 g/mol. The molecule has 0 spiro atoms. The minimum Gasteiger partial charge on any atom is -0.365 e. The first-order valence-corrected chi connectivity index (χ1v) is 15.6. The number of urea groups is 2. The highest BCUT2D eigenvalue weighted by atomic mass is 28.4. The largest absolute Gasteiger partial charge is 0.461 e. The summed E-state index contributed by atoms with van der Waals surface area (Å²) in [6, 6.07) is 0.234. The molecule has 0 aromatic heterocycles. The standard InChI is InChI=1S/C21H42N4O3Si2/c1-5-8-14-22-20(26)24(16-10-11-17-24)29-28-30(4,7-3)25(18-12-13-19-25)21(27)23-15-9-6-2/h7H,3,5-6,8-19,29H2,1-2,4H3/p+2. The summed E-state index contributed by atoms with van der Waals surface area (Å²) < 4.78 is 7.65. The Kier molecular flexibility index (Phi) is 9.74. The molecule has 7 nitrogen and oxygen atoms in total. The van der Waals surface area contributed by atoms with Crippen molar-refractivity contribution in [3.05, 3.63) is 12.3 Å². The highest BCUT2D eigenvalue weighted by Gasteiger charge is 2.59. The lowest BCUT2D eigenvalue weighted by Crippen LogP contribution is -2.73. The number of quaternary nitrogens is 2. The first-order chi connectivity index (χ1) is 14.4. The van der Waals surface area contributed by atoms with E-state index in [2.05, 4.69) is 37.6 Å². The Morgan fingerprint density at radius 3 is 1.97 bits per heavy atom. The second kappa shape index (κ2) is 11.6. The summed E-state index contributed by atoms with van der Waals surface area (Å²) in [5, 5.41) is 6.32. The van der Waals surface area contributed by atoms with E-state index in [-0.39, 0.29) is 12.1 Å². The molecule has 0 aliphatic carbocycles. The molecular formula is C21H44N4O3Si2+2. The number of carbonyl (C=O) groups excluding carboxylic acids is 2. The molecule has 30 heavy (non-hydrogen) atoms. The molecule has 0 saturated carbocycles. The van der Waals surface area contributed by atoms with Gasteiger partial charge in [0.1, 0.15) is 0 Å². The van der Waals surface area contributed by atoms with Crippen LogP contribution in [0.1, 0.15) is 65.2 Å². The molecule has 2 N–H and O–H groups in total. The first-order valence-electron chi connectivity index (χ1n) is 12.0. The highest BCUT2D eigenvalue weighted by Crippen LogP contribution is 2.32. The van der Waals surface area contributed by atoms with E-state index in [9.17, 15) is 9.59 Å². The van der Waals surface area contributed by atoms with Gasteiger partial charge in [-0.15, -0.1) is 0 Å². The summed E-state index contributed by atoms with van der Waals surface area (Å²) in [7, 11) is -3.83. The normalized spacial score (nSPS) is 22.1. The number of carbonyl (C=O) groups is 2. The van der Waals surface area contributed by atoms with Gasteiger partial charge in [0, 0.05) is 45.3 Å². The number of hydrogen-bond acceptors (Lipinski definition) is 3. The van der Waals surface area contributed by atoms with Crippen LogP contribution in [0.3, 0.4) is 0 Å². The second-order valence-electron chi connectivity index (χ2n) is 9.12. The maximum absolute atomic E-state index is 13.3. The zero-order valence-electron chi connectivity index (χ0n) is 19.5. The lowest BCUT2D eigenvalue weighted by molar-refractivity contribution is -0.750. The second-order valence-corrected chi connectivity index (χ2v) is 15.1. The Balaban J connectivity index is 2.15. The van der Waals surface area contributed by atoms with Gasteiger partial charge in [-0.1, -0.05) is 33.3 Å². The lowest BCUT2D eigenvalue weighted by Gasteiger charge is -2.43. The van der Waals surface area contributed by atoms with Crippen LogP contribution in [-0.4, -0.2) is 78.0 Å². The van der Waals surface area contributed by atoms with Crippen molar-refractivity contribution in [1.29, 1.82) is 0 Å². The number of likely N-dealkylation sites (tertiary alicyclic amines) is 2.